The first-order valence-electron chi connectivity index (χ1n) is 12.2. The van der Waals surface area contributed by atoms with Crippen LogP contribution in [0.5, 0.6) is 0 Å². The third-order valence-corrected chi connectivity index (χ3v) is 6.11. The highest BCUT2D eigenvalue weighted by atomic mass is 19.4. The summed E-state index contributed by atoms with van der Waals surface area (Å²) in [5.41, 5.74) is -0.757. The van der Waals surface area contributed by atoms with Crippen LogP contribution in [0, 0.1) is 17.5 Å². The van der Waals surface area contributed by atoms with Gasteiger partial charge in [0.2, 0.25) is 11.7 Å². The molecule has 0 bridgehead atoms. The lowest BCUT2D eigenvalue weighted by Gasteiger charge is -2.31. The zero-order valence-electron chi connectivity index (χ0n) is 21.7. The van der Waals surface area contributed by atoms with Crippen LogP contribution in [-0.4, -0.2) is 44.6 Å². The SMILES string of the molecule is CC(C)(C)OC(=O)N[C@@H](CC(=O)N1CCn2c(C(F)(F)F)nc(-c3ccoc3)c2C1)Cc1cc(F)c(F)cc1F. The number of furan rings is 1. The lowest BCUT2D eigenvalue weighted by atomic mass is 10.0. The van der Waals surface area contributed by atoms with Crippen molar-refractivity contribution in [2.24, 2.45) is 0 Å². The van der Waals surface area contributed by atoms with Gasteiger partial charge in [-0.1, -0.05) is 0 Å². The molecule has 3 aromatic rings. The molecule has 4 rings (SSSR count). The minimum absolute atomic E-state index is 0.00543. The van der Waals surface area contributed by atoms with Crippen molar-refractivity contribution in [3.05, 3.63) is 65.3 Å². The van der Waals surface area contributed by atoms with E-state index in [4.69, 9.17) is 9.15 Å². The number of rotatable bonds is 6. The Morgan fingerprint density at radius 2 is 1.80 bits per heavy atom. The van der Waals surface area contributed by atoms with Crippen LogP contribution in [0.25, 0.3) is 11.3 Å². The molecule has 2 aromatic heterocycles. The zero-order chi connectivity index (χ0) is 29.4. The molecule has 1 aliphatic rings. The normalized spacial score (nSPS) is 14.6. The van der Waals surface area contributed by atoms with Gasteiger partial charge in [0, 0.05) is 37.2 Å². The number of carbonyl (C=O) groups excluding carboxylic acids is 2. The van der Waals surface area contributed by atoms with Crippen LogP contribution in [0.4, 0.5) is 31.1 Å². The molecule has 0 saturated heterocycles. The maximum atomic E-state index is 14.4. The number of aromatic nitrogens is 2. The molecule has 0 unspecified atom stereocenters. The van der Waals surface area contributed by atoms with Gasteiger partial charge in [-0.15, -0.1) is 0 Å². The molecule has 40 heavy (non-hydrogen) atoms. The van der Waals surface area contributed by atoms with E-state index in [0.29, 0.717) is 17.7 Å². The third kappa shape index (κ3) is 6.59. The van der Waals surface area contributed by atoms with Crippen molar-refractivity contribution < 1.29 is 45.1 Å². The fourth-order valence-corrected chi connectivity index (χ4v) is 4.40. The second-order valence-electron chi connectivity index (χ2n) is 10.3. The quantitative estimate of drug-likeness (QED) is 0.314. The Morgan fingerprint density at radius 3 is 2.42 bits per heavy atom. The van der Waals surface area contributed by atoms with Crippen molar-refractivity contribution in [1.82, 2.24) is 19.8 Å². The molecule has 14 heteroatoms. The Morgan fingerprint density at radius 1 is 1.10 bits per heavy atom. The van der Waals surface area contributed by atoms with E-state index in [0.717, 1.165) is 4.57 Å². The van der Waals surface area contributed by atoms with Crippen molar-refractivity contribution >= 4 is 12.0 Å². The van der Waals surface area contributed by atoms with E-state index in [1.54, 1.807) is 20.8 Å². The van der Waals surface area contributed by atoms with Crippen molar-refractivity contribution in [3.8, 4) is 11.3 Å². The summed E-state index contributed by atoms with van der Waals surface area (Å²) in [6.07, 6.45) is -3.97. The highest BCUT2D eigenvalue weighted by Gasteiger charge is 2.41. The smallest absolute Gasteiger partial charge is 0.449 e. The summed E-state index contributed by atoms with van der Waals surface area (Å²) in [5, 5.41) is 2.46. The van der Waals surface area contributed by atoms with Gasteiger partial charge in [-0.2, -0.15) is 13.2 Å². The van der Waals surface area contributed by atoms with Gasteiger partial charge in [0.15, 0.2) is 11.6 Å². The monoisotopic (exact) mass is 572 g/mol. The first-order valence-corrected chi connectivity index (χ1v) is 12.2. The van der Waals surface area contributed by atoms with Gasteiger partial charge < -0.3 is 23.9 Å². The second kappa shape index (κ2) is 10.9. The molecular weight excluding hydrogens is 546 g/mol. The standard InChI is InChI=1S/C26H26F6N4O4/c1-25(2,3)40-24(38)33-16(8-15-9-18(28)19(29)11-17(15)27)10-21(37)35-5-6-36-20(12-35)22(14-4-7-39-13-14)34-23(36)26(30,31)32/h4,7,9,11,13,16H,5-6,8,10,12H2,1-3H3,(H,33,38)/t16-/m1/s1. The second-order valence-corrected chi connectivity index (χ2v) is 10.3. The number of hydrogen-bond acceptors (Lipinski definition) is 5. The van der Waals surface area contributed by atoms with Crippen LogP contribution in [0.1, 0.15) is 44.3 Å². The number of nitrogens with zero attached hydrogens (tertiary/aromatic N) is 3. The molecule has 2 amide bonds. The summed E-state index contributed by atoms with van der Waals surface area (Å²) in [6.45, 7) is 4.26. The minimum atomic E-state index is -4.74. The fourth-order valence-electron chi connectivity index (χ4n) is 4.40. The molecular formula is C26H26F6N4O4. The molecule has 0 aliphatic carbocycles. The van der Waals surface area contributed by atoms with Crippen LogP contribution < -0.4 is 5.32 Å². The van der Waals surface area contributed by atoms with Crippen molar-refractivity contribution in [2.75, 3.05) is 6.54 Å². The topological polar surface area (TPSA) is 89.6 Å². The van der Waals surface area contributed by atoms with Gasteiger partial charge in [-0.25, -0.2) is 22.9 Å². The highest BCUT2D eigenvalue weighted by molar-refractivity contribution is 5.78. The predicted molar refractivity (Wildman–Crippen MR) is 128 cm³/mol. The van der Waals surface area contributed by atoms with Crippen molar-refractivity contribution in [3.63, 3.8) is 0 Å². The number of amides is 2. The van der Waals surface area contributed by atoms with Crippen LogP contribution >= 0.6 is 0 Å². The summed E-state index contributed by atoms with van der Waals surface area (Å²) >= 11 is 0. The largest absolute Gasteiger partial charge is 0.472 e. The maximum Gasteiger partial charge on any atom is 0.449 e. The van der Waals surface area contributed by atoms with E-state index in [9.17, 15) is 35.9 Å². The van der Waals surface area contributed by atoms with E-state index in [1.807, 2.05) is 0 Å². The molecule has 0 spiro atoms. The average Bonchev–Trinajstić information content (AvgIpc) is 3.48. The lowest BCUT2D eigenvalue weighted by Crippen LogP contribution is -2.45. The van der Waals surface area contributed by atoms with Gasteiger partial charge in [0.25, 0.3) is 0 Å². The molecule has 8 nitrogen and oxygen atoms in total. The van der Waals surface area contributed by atoms with E-state index in [-0.39, 0.29) is 36.6 Å². The minimum Gasteiger partial charge on any atom is -0.472 e. The van der Waals surface area contributed by atoms with E-state index in [1.165, 1.54) is 23.5 Å². The Kier molecular flexibility index (Phi) is 7.90. The molecule has 1 aliphatic heterocycles. The van der Waals surface area contributed by atoms with Crippen LogP contribution in [-0.2, 0) is 35.2 Å². The number of nitrogens with one attached hydrogen (secondary N) is 1. The number of alkyl carbamates (subject to hydrolysis) is 1. The van der Waals surface area contributed by atoms with Gasteiger partial charge in [-0.3, -0.25) is 4.79 Å². The third-order valence-electron chi connectivity index (χ3n) is 6.11. The number of imidazole rings is 1. The molecule has 1 N–H and O–H groups in total. The molecule has 0 radical (unpaired) electrons. The number of benzene rings is 1. The average molecular weight is 573 g/mol. The summed E-state index contributed by atoms with van der Waals surface area (Å²) in [6, 6.07) is 1.32. The Balaban J connectivity index is 1.58. The van der Waals surface area contributed by atoms with Crippen LogP contribution in [0.3, 0.4) is 0 Å². The first kappa shape index (κ1) is 29.0. The predicted octanol–water partition coefficient (Wildman–Crippen LogP) is 5.45. The van der Waals surface area contributed by atoms with Crippen LogP contribution in [0.15, 0.2) is 35.1 Å². The summed E-state index contributed by atoms with van der Waals surface area (Å²) < 4.78 is 93.8. The summed E-state index contributed by atoms with van der Waals surface area (Å²) in [7, 11) is 0. The van der Waals surface area contributed by atoms with E-state index in [2.05, 4.69) is 10.3 Å². The molecule has 3 heterocycles. The van der Waals surface area contributed by atoms with Gasteiger partial charge in [0.1, 0.15) is 11.4 Å². The van der Waals surface area contributed by atoms with E-state index < -0.39 is 65.9 Å². The Hall–Kier alpha value is -3.97. The molecule has 1 aromatic carbocycles. The number of alkyl halides is 3. The maximum absolute atomic E-state index is 14.4. The van der Waals surface area contributed by atoms with Crippen molar-refractivity contribution in [1.29, 1.82) is 0 Å². The van der Waals surface area contributed by atoms with Crippen molar-refractivity contribution in [2.45, 2.75) is 64.5 Å². The number of carbonyl (C=O) groups is 2. The van der Waals surface area contributed by atoms with Gasteiger partial charge in [0.05, 0.1) is 30.5 Å². The number of ether oxygens (including phenoxy) is 1. The van der Waals surface area contributed by atoms with Crippen LogP contribution in [0.2, 0.25) is 0 Å². The number of halogens is 6. The molecule has 216 valence electrons. The van der Waals surface area contributed by atoms with E-state index >= 15 is 0 Å². The fraction of sp³-hybridized carbons (Fsp3) is 0.423. The first-order chi connectivity index (χ1) is 18.6. The molecule has 0 fully saturated rings. The van der Waals surface area contributed by atoms with Gasteiger partial charge in [-0.05, 0) is 44.9 Å². The summed E-state index contributed by atoms with van der Waals surface area (Å²) in [4.78, 5) is 30.8. The number of hydrogen-bond donors (Lipinski definition) is 1. The lowest BCUT2D eigenvalue weighted by molar-refractivity contribution is -0.148. The number of fused-ring (bicyclic) bond motifs is 1. The summed E-state index contributed by atoms with van der Waals surface area (Å²) in [5.74, 6) is -5.47. The zero-order valence-corrected chi connectivity index (χ0v) is 21.7. The molecule has 0 saturated carbocycles. The Labute approximate surface area is 224 Å². The Bertz CT molecular complexity index is 1400. The molecule has 1 atom stereocenters. The highest BCUT2D eigenvalue weighted by Crippen LogP contribution is 2.36. The van der Waals surface area contributed by atoms with Gasteiger partial charge >= 0.3 is 12.3 Å².